The zero-order chi connectivity index (χ0) is 23.8. The van der Waals surface area contributed by atoms with Crippen molar-refractivity contribution in [2.75, 3.05) is 29.9 Å². The lowest BCUT2D eigenvalue weighted by molar-refractivity contribution is -0.132. The van der Waals surface area contributed by atoms with Gasteiger partial charge in [0.2, 0.25) is 0 Å². The van der Waals surface area contributed by atoms with Crippen molar-refractivity contribution in [3.63, 3.8) is 0 Å². The second-order valence-corrected chi connectivity index (χ2v) is 8.61. The maximum atomic E-state index is 13.6. The molecule has 0 radical (unpaired) electrons. The Morgan fingerprint density at radius 2 is 1.85 bits per heavy atom. The van der Waals surface area contributed by atoms with Gasteiger partial charge in [0.15, 0.2) is 5.54 Å². The number of likely N-dealkylation sites (tertiary alicyclic amines) is 1. The fraction of sp³-hybridized carbons (Fsp3) is 0.348. The number of aliphatic hydroxyl groups excluding tert-OH is 1. The Bertz CT molecular complexity index is 1060. The van der Waals surface area contributed by atoms with Gasteiger partial charge in [-0.25, -0.2) is 4.79 Å². The van der Waals surface area contributed by atoms with Gasteiger partial charge < -0.3 is 30.7 Å². The number of nitrogens with zero attached hydrogens (tertiary/aromatic N) is 2. The van der Waals surface area contributed by atoms with Crippen molar-refractivity contribution in [2.45, 2.75) is 31.1 Å². The number of aliphatic hydroxyl groups is 1. The summed E-state index contributed by atoms with van der Waals surface area (Å²) in [5.74, 6) is -0.638. The van der Waals surface area contributed by atoms with E-state index in [-0.39, 0.29) is 18.9 Å². The minimum atomic E-state index is -1.50. The maximum absolute atomic E-state index is 13.6. The molecule has 2 heterocycles. The number of carbonyl (C=O) groups is 3. The van der Waals surface area contributed by atoms with Crippen molar-refractivity contribution >= 4 is 40.8 Å². The first-order valence-electron chi connectivity index (χ1n) is 10.6. The highest BCUT2D eigenvalue weighted by Crippen LogP contribution is 2.40. The number of benzene rings is 2. The van der Waals surface area contributed by atoms with Crippen LogP contribution in [0.15, 0.2) is 48.5 Å². The molecule has 4 amide bonds. The predicted molar refractivity (Wildman–Crippen MR) is 123 cm³/mol. The lowest BCUT2D eigenvalue weighted by Gasteiger charge is -2.36. The van der Waals surface area contributed by atoms with E-state index in [1.165, 1.54) is 4.90 Å². The second kappa shape index (κ2) is 9.01. The SMILES string of the molecule is C[C@@H]1OCCN(c2ccc(NC(=O)[C@]3(c4ccc(Cl)cc4)C[C@@H](O)CN3C(N)=O)cc2)C1=O. The molecule has 2 aromatic carbocycles. The quantitative estimate of drug-likeness (QED) is 0.628. The fourth-order valence-corrected chi connectivity index (χ4v) is 4.57. The number of nitrogens with two attached hydrogens (primary N) is 1. The molecule has 2 aromatic rings. The van der Waals surface area contributed by atoms with Gasteiger partial charge in [-0.15, -0.1) is 0 Å². The molecule has 2 aliphatic heterocycles. The summed E-state index contributed by atoms with van der Waals surface area (Å²) in [6.45, 7) is 2.53. The Morgan fingerprint density at radius 3 is 2.48 bits per heavy atom. The summed E-state index contributed by atoms with van der Waals surface area (Å²) in [5, 5.41) is 13.6. The molecule has 4 N–H and O–H groups in total. The third kappa shape index (κ3) is 4.27. The van der Waals surface area contributed by atoms with Crippen molar-refractivity contribution < 1.29 is 24.2 Å². The summed E-state index contributed by atoms with van der Waals surface area (Å²) < 4.78 is 5.35. The molecule has 2 saturated heterocycles. The summed E-state index contributed by atoms with van der Waals surface area (Å²) in [5.41, 5.74) is 5.74. The lowest BCUT2D eigenvalue weighted by atomic mass is 9.85. The summed E-state index contributed by atoms with van der Waals surface area (Å²) in [4.78, 5) is 41.0. The number of hydrogen-bond donors (Lipinski definition) is 3. The highest BCUT2D eigenvalue weighted by Gasteiger charge is 2.54. The van der Waals surface area contributed by atoms with Gasteiger partial charge in [0.05, 0.1) is 12.7 Å². The van der Waals surface area contributed by atoms with Crippen molar-refractivity contribution in [2.24, 2.45) is 5.73 Å². The fourth-order valence-electron chi connectivity index (χ4n) is 4.44. The average Bonchev–Trinajstić information content (AvgIpc) is 3.15. The van der Waals surface area contributed by atoms with Gasteiger partial charge in [-0.3, -0.25) is 9.59 Å². The van der Waals surface area contributed by atoms with Crippen LogP contribution in [0.5, 0.6) is 0 Å². The van der Waals surface area contributed by atoms with Crippen molar-refractivity contribution in [3.8, 4) is 0 Å². The van der Waals surface area contributed by atoms with Crippen molar-refractivity contribution in [1.82, 2.24) is 4.90 Å². The third-order valence-corrected chi connectivity index (χ3v) is 6.33. The molecule has 0 bridgehead atoms. The second-order valence-electron chi connectivity index (χ2n) is 8.18. The normalized spacial score (nSPS) is 25.2. The maximum Gasteiger partial charge on any atom is 0.316 e. The Morgan fingerprint density at radius 1 is 1.18 bits per heavy atom. The van der Waals surface area contributed by atoms with E-state index in [2.05, 4.69) is 5.32 Å². The average molecular weight is 473 g/mol. The van der Waals surface area contributed by atoms with Gasteiger partial charge in [-0.1, -0.05) is 23.7 Å². The standard InChI is InChI=1S/C23H25ClN4O5/c1-14-20(30)27(10-11-33-14)18-8-6-17(7-9-18)26-21(31)23(15-2-4-16(24)5-3-15)12-19(29)13-28(23)22(25)32/h2-9,14,19,29H,10-13H2,1H3,(H2,25,32)(H,26,31)/t14-,19+,23+/m0/s1. The van der Waals surface area contributed by atoms with Crippen LogP contribution >= 0.6 is 11.6 Å². The highest BCUT2D eigenvalue weighted by atomic mass is 35.5. The molecule has 3 atom stereocenters. The van der Waals surface area contributed by atoms with E-state index in [0.717, 1.165) is 0 Å². The first kappa shape index (κ1) is 23.0. The number of carbonyl (C=O) groups excluding carboxylic acids is 3. The molecule has 2 fully saturated rings. The number of ether oxygens (including phenoxy) is 1. The smallest absolute Gasteiger partial charge is 0.316 e. The number of amides is 4. The van der Waals surface area contributed by atoms with Gasteiger partial charge in [-0.05, 0) is 48.9 Å². The van der Waals surface area contributed by atoms with Crippen LogP contribution in [0.3, 0.4) is 0 Å². The molecule has 174 valence electrons. The van der Waals surface area contributed by atoms with Gasteiger partial charge in [0, 0.05) is 35.9 Å². The Labute approximate surface area is 196 Å². The number of anilines is 2. The van der Waals surface area contributed by atoms with Gasteiger partial charge in [0.1, 0.15) is 6.10 Å². The minimum absolute atomic E-state index is 0.0122. The minimum Gasteiger partial charge on any atom is -0.391 e. The van der Waals surface area contributed by atoms with Crippen LogP contribution in [0, 0.1) is 0 Å². The number of β-amino-alcohol motifs (C(OH)–C–C–N with tert-alkyl or cyclic N) is 1. The molecule has 0 spiro atoms. The van der Waals surface area contributed by atoms with E-state index in [0.29, 0.717) is 35.1 Å². The Balaban J connectivity index is 1.62. The van der Waals surface area contributed by atoms with E-state index in [9.17, 15) is 19.5 Å². The zero-order valence-corrected chi connectivity index (χ0v) is 18.8. The third-order valence-electron chi connectivity index (χ3n) is 6.08. The molecule has 10 heteroatoms. The number of nitrogens with one attached hydrogen (secondary N) is 1. The molecule has 4 rings (SSSR count). The van der Waals surface area contributed by atoms with Crippen LogP contribution in [0.2, 0.25) is 5.02 Å². The first-order valence-corrected chi connectivity index (χ1v) is 11.0. The molecule has 0 aromatic heterocycles. The molecule has 0 unspecified atom stereocenters. The van der Waals surface area contributed by atoms with Gasteiger partial charge in [-0.2, -0.15) is 0 Å². The van der Waals surface area contributed by atoms with Gasteiger partial charge >= 0.3 is 6.03 Å². The van der Waals surface area contributed by atoms with Crippen LogP contribution in [0.1, 0.15) is 18.9 Å². The van der Waals surface area contributed by atoms with E-state index in [1.54, 1.807) is 60.4 Å². The molecular weight excluding hydrogens is 448 g/mol. The number of morpholine rings is 1. The molecular formula is C23H25ClN4O5. The van der Waals surface area contributed by atoms with E-state index in [4.69, 9.17) is 22.1 Å². The number of hydrogen-bond acceptors (Lipinski definition) is 5. The first-order chi connectivity index (χ1) is 15.7. The van der Waals surface area contributed by atoms with E-state index >= 15 is 0 Å². The van der Waals surface area contributed by atoms with Crippen LogP contribution in [0.4, 0.5) is 16.2 Å². The molecule has 0 saturated carbocycles. The number of urea groups is 1. The van der Waals surface area contributed by atoms with E-state index < -0.39 is 29.7 Å². The Kier molecular flexibility index (Phi) is 6.29. The number of rotatable bonds is 4. The van der Waals surface area contributed by atoms with Gasteiger partial charge in [0.25, 0.3) is 11.8 Å². The highest BCUT2D eigenvalue weighted by molar-refractivity contribution is 6.30. The number of primary amides is 1. The van der Waals surface area contributed by atoms with Crippen LogP contribution < -0.4 is 16.0 Å². The van der Waals surface area contributed by atoms with Crippen LogP contribution in [-0.4, -0.2) is 59.8 Å². The summed E-state index contributed by atoms with van der Waals surface area (Å²) >= 11 is 6.01. The van der Waals surface area contributed by atoms with Crippen LogP contribution in [-0.2, 0) is 19.9 Å². The molecule has 2 aliphatic rings. The number of halogens is 1. The van der Waals surface area contributed by atoms with Crippen molar-refractivity contribution in [3.05, 3.63) is 59.1 Å². The van der Waals surface area contributed by atoms with Crippen molar-refractivity contribution in [1.29, 1.82) is 0 Å². The molecule has 0 aliphatic carbocycles. The Hall–Kier alpha value is -3.14. The largest absolute Gasteiger partial charge is 0.391 e. The summed E-state index contributed by atoms with van der Waals surface area (Å²) in [7, 11) is 0. The van der Waals surface area contributed by atoms with Crippen LogP contribution in [0.25, 0.3) is 0 Å². The van der Waals surface area contributed by atoms with E-state index in [1.807, 2.05) is 0 Å². The predicted octanol–water partition coefficient (Wildman–Crippen LogP) is 2.07. The monoisotopic (exact) mass is 472 g/mol. The summed E-state index contributed by atoms with van der Waals surface area (Å²) in [6, 6.07) is 12.5. The zero-order valence-electron chi connectivity index (χ0n) is 18.0. The lowest BCUT2D eigenvalue weighted by Crippen LogP contribution is -2.54. The molecule has 33 heavy (non-hydrogen) atoms. The summed E-state index contributed by atoms with van der Waals surface area (Å²) in [6.07, 6.45) is -1.44. The topological polar surface area (TPSA) is 125 Å². The molecule has 9 nitrogen and oxygen atoms in total.